The van der Waals surface area contributed by atoms with Gasteiger partial charge in [0.15, 0.2) is 0 Å². The van der Waals surface area contributed by atoms with Gasteiger partial charge in [0.25, 0.3) is 5.56 Å². The van der Waals surface area contributed by atoms with Crippen LogP contribution in [0.25, 0.3) is 0 Å². The van der Waals surface area contributed by atoms with Crippen molar-refractivity contribution in [3.8, 4) is 0 Å². The van der Waals surface area contributed by atoms with Gasteiger partial charge in [0.1, 0.15) is 4.47 Å². The standard InChI is InChI=1S/C14H21BrN4O/c1-3-6-19-14(20)13(15)12(9-17-19)18-7-4-5-11(10-18)8-16-2/h3,9,11,16H,1,4-8,10H2,2H3. The molecule has 1 atom stereocenters. The first-order valence-electron chi connectivity index (χ1n) is 6.93. The van der Waals surface area contributed by atoms with E-state index in [2.05, 4.69) is 37.8 Å². The summed E-state index contributed by atoms with van der Waals surface area (Å²) in [7, 11) is 1.98. The topological polar surface area (TPSA) is 50.2 Å². The molecule has 5 nitrogen and oxygen atoms in total. The van der Waals surface area contributed by atoms with E-state index in [4.69, 9.17) is 0 Å². The van der Waals surface area contributed by atoms with Crippen molar-refractivity contribution in [3.05, 3.63) is 33.7 Å². The normalized spacial score (nSPS) is 19.1. The Bertz CT molecular complexity index is 526. The predicted molar refractivity (Wildman–Crippen MR) is 85.3 cm³/mol. The molecular weight excluding hydrogens is 320 g/mol. The zero-order chi connectivity index (χ0) is 14.5. The summed E-state index contributed by atoms with van der Waals surface area (Å²) in [5.74, 6) is 0.622. The molecule has 0 radical (unpaired) electrons. The molecule has 20 heavy (non-hydrogen) atoms. The molecule has 1 fully saturated rings. The molecule has 1 unspecified atom stereocenters. The Morgan fingerprint density at radius 2 is 2.45 bits per heavy atom. The molecule has 110 valence electrons. The third kappa shape index (κ3) is 3.30. The van der Waals surface area contributed by atoms with Gasteiger partial charge in [0.2, 0.25) is 0 Å². The maximum atomic E-state index is 12.2. The molecule has 0 amide bonds. The van der Waals surface area contributed by atoms with Crippen LogP contribution in [0.3, 0.4) is 0 Å². The summed E-state index contributed by atoms with van der Waals surface area (Å²) < 4.78 is 2.01. The number of halogens is 1. The van der Waals surface area contributed by atoms with E-state index in [1.807, 2.05) is 7.05 Å². The molecule has 1 aromatic heterocycles. The Kier molecular flexibility index (Phi) is 5.37. The van der Waals surface area contributed by atoms with E-state index < -0.39 is 0 Å². The van der Waals surface area contributed by atoms with Crippen molar-refractivity contribution in [2.45, 2.75) is 19.4 Å². The van der Waals surface area contributed by atoms with Gasteiger partial charge in [0, 0.05) is 13.1 Å². The van der Waals surface area contributed by atoms with Gasteiger partial charge in [-0.1, -0.05) is 6.08 Å². The van der Waals surface area contributed by atoms with Gasteiger partial charge in [-0.3, -0.25) is 4.79 Å². The van der Waals surface area contributed by atoms with Crippen molar-refractivity contribution in [2.24, 2.45) is 5.92 Å². The van der Waals surface area contributed by atoms with Crippen LogP contribution in [0.2, 0.25) is 0 Å². The number of anilines is 1. The Hall–Kier alpha value is -1.14. The summed E-state index contributed by atoms with van der Waals surface area (Å²) >= 11 is 3.43. The van der Waals surface area contributed by atoms with E-state index >= 15 is 0 Å². The molecule has 2 rings (SSSR count). The molecule has 1 aromatic rings. The molecule has 0 saturated carbocycles. The molecule has 0 aromatic carbocycles. The molecule has 6 heteroatoms. The Morgan fingerprint density at radius 3 is 3.15 bits per heavy atom. The second kappa shape index (κ2) is 7.04. The number of nitrogens with zero attached hydrogens (tertiary/aromatic N) is 3. The number of hydrogen-bond acceptors (Lipinski definition) is 4. The summed E-state index contributed by atoms with van der Waals surface area (Å²) in [6, 6.07) is 0. The number of piperidine rings is 1. The van der Waals surface area contributed by atoms with Gasteiger partial charge in [-0.2, -0.15) is 5.10 Å². The number of hydrogen-bond donors (Lipinski definition) is 1. The van der Waals surface area contributed by atoms with Crippen LogP contribution in [0, 0.1) is 5.92 Å². The summed E-state index contributed by atoms with van der Waals surface area (Å²) in [4.78, 5) is 14.4. The molecule has 0 aliphatic carbocycles. The fourth-order valence-electron chi connectivity index (χ4n) is 2.67. The highest BCUT2D eigenvalue weighted by Gasteiger charge is 2.22. The van der Waals surface area contributed by atoms with E-state index in [1.54, 1.807) is 12.3 Å². The summed E-state index contributed by atoms with van der Waals surface area (Å²) in [5, 5.41) is 7.45. The van der Waals surface area contributed by atoms with Gasteiger partial charge < -0.3 is 10.2 Å². The summed E-state index contributed by atoms with van der Waals surface area (Å²) in [6.45, 7) is 7.02. The molecular formula is C14H21BrN4O. The molecule has 1 saturated heterocycles. The molecule has 1 aliphatic rings. The Labute approximate surface area is 127 Å². The lowest BCUT2D eigenvalue weighted by atomic mass is 9.98. The van der Waals surface area contributed by atoms with Crippen LogP contribution in [0.4, 0.5) is 5.69 Å². The van der Waals surface area contributed by atoms with Crippen LogP contribution in [0.5, 0.6) is 0 Å². The number of rotatable bonds is 5. The fraction of sp³-hybridized carbons (Fsp3) is 0.571. The van der Waals surface area contributed by atoms with Gasteiger partial charge in [-0.05, 0) is 48.3 Å². The minimum Gasteiger partial charge on any atom is -0.369 e. The van der Waals surface area contributed by atoms with Gasteiger partial charge in [-0.25, -0.2) is 4.68 Å². The first kappa shape index (κ1) is 15.3. The van der Waals surface area contributed by atoms with E-state index in [0.29, 0.717) is 16.9 Å². The van der Waals surface area contributed by atoms with Crippen molar-refractivity contribution in [3.63, 3.8) is 0 Å². The average Bonchev–Trinajstić information content (AvgIpc) is 2.45. The minimum absolute atomic E-state index is 0.0989. The second-order valence-corrected chi connectivity index (χ2v) is 5.92. The van der Waals surface area contributed by atoms with Crippen molar-refractivity contribution in [1.29, 1.82) is 0 Å². The maximum Gasteiger partial charge on any atom is 0.283 e. The zero-order valence-electron chi connectivity index (χ0n) is 11.8. The largest absolute Gasteiger partial charge is 0.369 e. The van der Waals surface area contributed by atoms with Gasteiger partial charge in [-0.15, -0.1) is 6.58 Å². The summed E-state index contributed by atoms with van der Waals surface area (Å²) in [6.07, 6.45) is 5.82. The second-order valence-electron chi connectivity index (χ2n) is 5.13. The number of allylic oxidation sites excluding steroid dienone is 1. The van der Waals surface area contributed by atoms with Crippen LogP contribution in [-0.2, 0) is 6.54 Å². The average molecular weight is 341 g/mol. The lowest BCUT2D eigenvalue weighted by Gasteiger charge is -2.34. The van der Waals surface area contributed by atoms with Crippen molar-refractivity contribution in [2.75, 3.05) is 31.6 Å². The lowest BCUT2D eigenvalue weighted by Crippen LogP contribution is -2.40. The first-order valence-corrected chi connectivity index (χ1v) is 7.72. The molecule has 2 heterocycles. The third-order valence-electron chi connectivity index (χ3n) is 3.62. The number of aromatic nitrogens is 2. The molecule has 0 spiro atoms. The lowest BCUT2D eigenvalue weighted by molar-refractivity contribution is 0.402. The predicted octanol–water partition coefficient (Wildman–Crippen LogP) is 1.63. The fourth-order valence-corrected chi connectivity index (χ4v) is 3.23. The minimum atomic E-state index is -0.0989. The van der Waals surface area contributed by atoms with Gasteiger partial charge in [0.05, 0.1) is 18.4 Å². The molecule has 0 bridgehead atoms. The zero-order valence-corrected chi connectivity index (χ0v) is 13.4. The summed E-state index contributed by atoms with van der Waals surface area (Å²) in [5.41, 5.74) is 0.800. The highest BCUT2D eigenvalue weighted by atomic mass is 79.9. The van der Waals surface area contributed by atoms with Crippen LogP contribution in [0.1, 0.15) is 12.8 Å². The quantitative estimate of drug-likeness (QED) is 0.827. The molecule has 1 N–H and O–H groups in total. The number of nitrogens with one attached hydrogen (secondary N) is 1. The van der Waals surface area contributed by atoms with E-state index in [9.17, 15) is 4.79 Å². The van der Waals surface area contributed by atoms with E-state index in [0.717, 1.165) is 31.7 Å². The molecule has 1 aliphatic heterocycles. The van der Waals surface area contributed by atoms with Crippen LogP contribution in [-0.4, -0.2) is 36.5 Å². The Morgan fingerprint density at radius 1 is 1.65 bits per heavy atom. The van der Waals surface area contributed by atoms with E-state index in [-0.39, 0.29) is 5.56 Å². The van der Waals surface area contributed by atoms with Crippen LogP contribution < -0.4 is 15.8 Å². The van der Waals surface area contributed by atoms with Crippen LogP contribution >= 0.6 is 15.9 Å². The monoisotopic (exact) mass is 340 g/mol. The maximum absolute atomic E-state index is 12.2. The smallest absolute Gasteiger partial charge is 0.283 e. The van der Waals surface area contributed by atoms with E-state index in [1.165, 1.54) is 11.1 Å². The van der Waals surface area contributed by atoms with Crippen molar-refractivity contribution in [1.82, 2.24) is 15.1 Å². The SMILES string of the molecule is C=CCn1ncc(N2CCCC(CNC)C2)c(Br)c1=O. The highest BCUT2D eigenvalue weighted by molar-refractivity contribution is 9.10. The van der Waals surface area contributed by atoms with Gasteiger partial charge >= 0.3 is 0 Å². The van der Waals surface area contributed by atoms with Crippen molar-refractivity contribution >= 4 is 21.6 Å². The highest BCUT2D eigenvalue weighted by Crippen LogP contribution is 2.26. The first-order chi connectivity index (χ1) is 9.67. The van der Waals surface area contributed by atoms with Crippen molar-refractivity contribution < 1.29 is 0 Å². The van der Waals surface area contributed by atoms with Crippen LogP contribution in [0.15, 0.2) is 28.1 Å². The Balaban J connectivity index is 2.22. The third-order valence-corrected chi connectivity index (χ3v) is 4.37.